The lowest BCUT2D eigenvalue weighted by Gasteiger charge is -2.21. The van der Waals surface area contributed by atoms with Gasteiger partial charge >= 0.3 is 6.18 Å². The van der Waals surface area contributed by atoms with Gasteiger partial charge < -0.3 is 5.11 Å². The van der Waals surface area contributed by atoms with Gasteiger partial charge in [-0.2, -0.15) is 13.2 Å². The predicted molar refractivity (Wildman–Crippen MR) is 63.3 cm³/mol. The van der Waals surface area contributed by atoms with Gasteiger partial charge in [0.05, 0.1) is 11.7 Å². The van der Waals surface area contributed by atoms with E-state index in [2.05, 4.69) is 0 Å². The van der Waals surface area contributed by atoms with Crippen LogP contribution >= 0.6 is 0 Å². The summed E-state index contributed by atoms with van der Waals surface area (Å²) in [5.41, 5.74) is -0.0179. The molecule has 2 rings (SSSR count). The van der Waals surface area contributed by atoms with Crippen molar-refractivity contribution in [1.29, 1.82) is 0 Å². The summed E-state index contributed by atoms with van der Waals surface area (Å²) in [5.74, 6) is -0.158. The molecule has 4 heteroatoms. The Hall–Kier alpha value is -1.03. The molecular formula is C14H17F3O. The molecule has 2 unspecified atom stereocenters. The van der Waals surface area contributed by atoms with Gasteiger partial charge in [-0.05, 0) is 24.5 Å². The molecule has 1 aliphatic rings. The molecular weight excluding hydrogens is 241 g/mol. The minimum absolute atomic E-state index is 0.158. The third kappa shape index (κ3) is 3.05. The van der Waals surface area contributed by atoms with E-state index < -0.39 is 17.8 Å². The van der Waals surface area contributed by atoms with Crippen LogP contribution in [0.25, 0.3) is 0 Å². The molecule has 0 heterocycles. The van der Waals surface area contributed by atoms with Crippen LogP contribution in [0.1, 0.15) is 49.1 Å². The maximum Gasteiger partial charge on any atom is 0.416 e. The van der Waals surface area contributed by atoms with Gasteiger partial charge in [0, 0.05) is 5.92 Å². The Morgan fingerprint density at radius 1 is 1.06 bits per heavy atom. The summed E-state index contributed by atoms with van der Waals surface area (Å²) in [6.07, 6.45) is -0.410. The first-order valence-electron chi connectivity index (χ1n) is 6.34. The van der Waals surface area contributed by atoms with E-state index >= 15 is 0 Å². The number of benzene rings is 1. The molecule has 1 saturated carbocycles. The van der Waals surface area contributed by atoms with Crippen molar-refractivity contribution in [3.8, 4) is 0 Å². The second-order valence-corrected chi connectivity index (χ2v) is 4.94. The van der Waals surface area contributed by atoms with Crippen molar-refractivity contribution in [3.63, 3.8) is 0 Å². The molecule has 0 radical (unpaired) electrons. The Morgan fingerprint density at radius 3 is 2.50 bits per heavy atom. The Kier molecular flexibility index (Phi) is 3.95. The number of aliphatic hydroxyl groups is 1. The van der Waals surface area contributed by atoms with E-state index in [1.54, 1.807) is 6.07 Å². The van der Waals surface area contributed by atoms with Crippen molar-refractivity contribution < 1.29 is 18.3 Å². The summed E-state index contributed by atoms with van der Waals surface area (Å²) >= 11 is 0. The summed E-state index contributed by atoms with van der Waals surface area (Å²) in [7, 11) is 0. The van der Waals surface area contributed by atoms with Gasteiger partial charge in [-0.1, -0.05) is 37.5 Å². The molecule has 0 bridgehead atoms. The summed E-state index contributed by atoms with van der Waals surface area (Å²) < 4.78 is 37.9. The average Bonchev–Trinajstić information content (AvgIpc) is 2.53. The SMILES string of the molecule is OC1CCCCCC1c1cccc(C(F)(F)F)c1. The lowest BCUT2D eigenvalue weighted by Crippen LogP contribution is -2.17. The predicted octanol–water partition coefficient (Wildman–Crippen LogP) is 4.11. The Morgan fingerprint density at radius 2 is 1.78 bits per heavy atom. The van der Waals surface area contributed by atoms with Gasteiger partial charge in [0.2, 0.25) is 0 Å². The molecule has 18 heavy (non-hydrogen) atoms. The summed E-state index contributed by atoms with van der Waals surface area (Å²) in [6.45, 7) is 0. The maximum atomic E-state index is 12.6. The molecule has 0 saturated heterocycles. The van der Waals surface area contributed by atoms with Crippen LogP contribution in [0.5, 0.6) is 0 Å². The van der Waals surface area contributed by atoms with Gasteiger partial charge in [0.15, 0.2) is 0 Å². The van der Waals surface area contributed by atoms with Crippen molar-refractivity contribution in [1.82, 2.24) is 0 Å². The van der Waals surface area contributed by atoms with Crippen LogP contribution in [-0.2, 0) is 6.18 Å². The fraction of sp³-hybridized carbons (Fsp3) is 0.571. The van der Waals surface area contributed by atoms with Gasteiger partial charge in [-0.25, -0.2) is 0 Å². The standard InChI is InChI=1S/C14H17F3O/c15-14(16,17)11-6-4-5-10(9-11)12-7-2-1-3-8-13(12)18/h4-6,9,12-13,18H,1-3,7-8H2. The van der Waals surface area contributed by atoms with Crippen LogP contribution in [0.3, 0.4) is 0 Å². The zero-order valence-corrected chi connectivity index (χ0v) is 10.1. The lowest BCUT2D eigenvalue weighted by atomic mass is 9.88. The van der Waals surface area contributed by atoms with Crippen LogP contribution < -0.4 is 0 Å². The van der Waals surface area contributed by atoms with E-state index in [0.717, 1.165) is 31.7 Å². The van der Waals surface area contributed by atoms with E-state index in [0.29, 0.717) is 12.0 Å². The Balaban J connectivity index is 2.26. The third-order valence-corrected chi connectivity index (χ3v) is 3.62. The van der Waals surface area contributed by atoms with Gasteiger partial charge in [-0.3, -0.25) is 0 Å². The van der Waals surface area contributed by atoms with E-state index in [1.165, 1.54) is 12.1 Å². The van der Waals surface area contributed by atoms with Crippen molar-refractivity contribution in [2.24, 2.45) is 0 Å². The largest absolute Gasteiger partial charge is 0.416 e. The molecule has 0 aromatic heterocycles. The van der Waals surface area contributed by atoms with Crippen LogP contribution in [0.2, 0.25) is 0 Å². The van der Waals surface area contributed by atoms with Crippen LogP contribution in [0.4, 0.5) is 13.2 Å². The average molecular weight is 258 g/mol. The lowest BCUT2D eigenvalue weighted by molar-refractivity contribution is -0.137. The number of halogens is 3. The normalized spacial score (nSPS) is 25.8. The minimum Gasteiger partial charge on any atom is -0.392 e. The zero-order chi connectivity index (χ0) is 13.2. The number of hydrogen-bond donors (Lipinski definition) is 1. The number of aliphatic hydroxyl groups excluding tert-OH is 1. The summed E-state index contributed by atoms with van der Waals surface area (Å²) in [4.78, 5) is 0. The quantitative estimate of drug-likeness (QED) is 0.751. The van der Waals surface area contributed by atoms with Crippen molar-refractivity contribution in [2.45, 2.75) is 50.3 Å². The van der Waals surface area contributed by atoms with E-state index in [-0.39, 0.29) is 5.92 Å². The number of rotatable bonds is 1. The molecule has 1 aromatic rings. The second kappa shape index (κ2) is 5.31. The van der Waals surface area contributed by atoms with Crippen molar-refractivity contribution in [3.05, 3.63) is 35.4 Å². The molecule has 100 valence electrons. The van der Waals surface area contributed by atoms with E-state index in [1.807, 2.05) is 0 Å². The highest BCUT2D eigenvalue weighted by Gasteiger charge is 2.32. The third-order valence-electron chi connectivity index (χ3n) is 3.62. The highest BCUT2D eigenvalue weighted by molar-refractivity contribution is 5.29. The second-order valence-electron chi connectivity index (χ2n) is 4.94. The maximum absolute atomic E-state index is 12.6. The first-order valence-corrected chi connectivity index (χ1v) is 6.34. The van der Waals surface area contributed by atoms with Gasteiger partial charge in [-0.15, -0.1) is 0 Å². The highest BCUT2D eigenvalue weighted by Crippen LogP contribution is 2.35. The van der Waals surface area contributed by atoms with Crippen LogP contribution in [-0.4, -0.2) is 11.2 Å². The van der Waals surface area contributed by atoms with Crippen LogP contribution in [0, 0.1) is 0 Å². The molecule has 1 aliphatic carbocycles. The fourth-order valence-corrected chi connectivity index (χ4v) is 2.62. The molecule has 1 N–H and O–H groups in total. The first-order chi connectivity index (χ1) is 8.48. The monoisotopic (exact) mass is 258 g/mol. The smallest absolute Gasteiger partial charge is 0.392 e. The molecule has 1 fully saturated rings. The van der Waals surface area contributed by atoms with Crippen LogP contribution in [0.15, 0.2) is 24.3 Å². The number of alkyl halides is 3. The van der Waals surface area contributed by atoms with Crippen molar-refractivity contribution in [2.75, 3.05) is 0 Å². The topological polar surface area (TPSA) is 20.2 Å². The number of hydrogen-bond acceptors (Lipinski definition) is 1. The Labute approximate surface area is 105 Å². The molecule has 0 aliphatic heterocycles. The van der Waals surface area contributed by atoms with E-state index in [4.69, 9.17) is 0 Å². The van der Waals surface area contributed by atoms with E-state index in [9.17, 15) is 18.3 Å². The highest BCUT2D eigenvalue weighted by atomic mass is 19.4. The molecule has 2 atom stereocenters. The molecule has 1 nitrogen and oxygen atoms in total. The Bertz CT molecular complexity index is 400. The zero-order valence-electron chi connectivity index (χ0n) is 10.1. The van der Waals surface area contributed by atoms with Crippen molar-refractivity contribution >= 4 is 0 Å². The summed E-state index contributed by atoms with van der Waals surface area (Å²) in [5, 5.41) is 10.0. The molecule has 1 aromatic carbocycles. The minimum atomic E-state index is -4.31. The van der Waals surface area contributed by atoms with Gasteiger partial charge in [0.25, 0.3) is 0 Å². The molecule has 0 amide bonds. The summed E-state index contributed by atoms with van der Waals surface area (Å²) in [6, 6.07) is 5.37. The molecule has 0 spiro atoms. The first kappa shape index (κ1) is 13.4. The fourth-order valence-electron chi connectivity index (χ4n) is 2.62. The van der Waals surface area contributed by atoms with Gasteiger partial charge in [0.1, 0.15) is 0 Å².